The third kappa shape index (κ3) is 7.90. The first kappa shape index (κ1) is 12.6. The zero-order chi connectivity index (χ0) is 10.1. The molecule has 0 radical (unpaired) electrons. The summed E-state index contributed by atoms with van der Waals surface area (Å²) in [7, 11) is 0. The van der Waals surface area contributed by atoms with Crippen LogP contribution in [0.5, 0.6) is 0 Å². The van der Waals surface area contributed by atoms with Gasteiger partial charge in [-0.15, -0.1) is 0 Å². The average Bonchev–Trinajstić information content (AvgIpc) is 2.20. The van der Waals surface area contributed by atoms with Crippen molar-refractivity contribution in [3.8, 4) is 0 Å². The molecule has 0 spiro atoms. The Morgan fingerprint density at radius 3 is 2.08 bits per heavy atom. The Morgan fingerprint density at radius 2 is 1.85 bits per heavy atom. The molecule has 0 aliphatic carbocycles. The summed E-state index contributed by atoms with van der Waals surface area (Å²) in [4.78, 5) is 0. The molecule has 0 saturated heterocycles. The predicted octanol–water partition coefficient (Wildman–Crippen LogP) is 3.70. The van der Waals surface area contributed by atoms with Crippen molar-refractivity contribution < 1.29 is 0 Å². The average molecular weight is 168 g/mol. The van der Waals surface area contributed by atoms with Crippen molar-refractivity contribution >= 4 is 23.8 Å². The molecule has 0 aliphatic heterocycles. The Hall–Kier alpha value is -0.443. The first-order valence-electron chi connectivity index (χ1n) is 4.88. The predicted molar refractivity (Wildman–Crippen MR) is 62.0 cm³/mol. The van der Waals surface area contributed by atoms with Crippen LogP contribution in [0.25, 0.3) is 6.08 Å². The molecule has 0 heterocycles. The third-order valence-corrected chi connectivity index (χ3v) is 1.85. The van der Waals surface area contributed by atoms with E-state index in [4.69, 9.17) is 0 Å². The summed E-state index contributed by atoms with van der Waals surface area (Å²) in [5, 5.41) is 0. The van der Waals surface area contributed by atoms with Crippen LogP contribution >= 0.6 is 0 Å². The summed E-state index contributed by atoms with van der Waals surface area (Å²) in [6.45, 7) is 8.05. The molecule has 66 valence electrons. The van der Waals surface area contributed by atoms with E-state index >= 15 is 0 Å². The van der Waals surface area contributed by atoms with Crippen LogP contribution in [-0.2, 0) is 0 Å². The molecule has 1 aromatic rings. The summed E-state index contributed by atoms with van der Waals surface area (Å²) in [5.74, 6) is 0. The summed E-state index contributed by atoms with van der Waals surface area (Å²) in [6.07, 6.45) is 3.14. The fourth-order valence-electron chi connectivity index (χ4n) is 0.589. The van der Waals surface area contributed by atoms with Crippen LogP contribution in [0.4, 0.5) is 0 Å². The quantitative estimate of drug-likeness (QED) is 0.590. The van der Waals surface area contributed by atoms with Gasteiger partial charge in [-0.3, -0.25) is 0 Å². The van der Waals surface area contributed by atoms with Gasteiger partial charge in [-0.25, -0.2) is 0 Å². The van der Waals surface area contributed by atoms with Crippen LogP contribution in [0.1, 0.15) is 25.8 Å². The molecular weight excluding hydrogens is 151 g/mol. The second-order valence-corrected chi connectivity index (χ2v) is 3.42. The van der Waals surface area contributed by atoms with Gasteiger partial charge < -0.3 is 0 Å². The second kappa shape index (κ2) is 8.17. The maximum atomic E-state index is 3.63. The maximum absolute atomic E-state index is 3.63. The summed E-state index contributed by atoms with van der Waals surface area (Å²) in [5.41, 5.74) is 1.17. The molecule has 0 aliphatic rings. The van der Waals surface area contributed by atoms with E-state index in [9.17, 15) is 0 Å². The zero-order valence-corrected chi connectivity index (χ0v) is 8.96. The van der Waals surface area contributed by atoms with E-state index in [1.807, 2.05) is 36.4 Å². The molecule has 0 aromatic heterocycles. The van der Waals surface area contributed by atoms with Gasteiger partial charge in [-0.05, 0) is 5.56 Å². The molecule has 1 atom stereocenters. The first-order chi connectivity index (χ1) is 6.20. The van der Waals surface area contributed by atoms with Crippen LogP contribution in [0.2, 0.25) is 4.59 Å². The molecular formula is C12H17Li. The van der Waals surface area contributed by atoms with Crippen LogP contribution in [0.15, 0.2) is 36.9 Å². The van der Waals surface area contributed by atoms with Crippen LogP contribution in [0, 0.1) is 0 Å². The van der Waals surface area contributed by atoms with E-state index in [0.29, 0.717) is 0 Å². The molecule has 1 unspecified atom stereocenters. The third-order valence-electron chi connectivity index (χ3n) is 1.85. The molecule has 1 heteroatoms. The van der Waals surface area contributed by atoms with E-state index in [0.717, 1.165) is 4.59 Å². The van der Waals surface area contributed by atoms with Crippen LogP contribution in [0.3, 0.4) is 0 Å². The zero-order valence-electron chi connectivity index (χ0n) is 8.96. The van der Waals surface area contributed by atoms with Crippen molar-refractivity contribution in [3.63, 3.8) is 0 Å². The van der Waals surface area contributed by atoms with Gasteiger partial charge >= 0.3 is 42.6 Å². The summed E-state index contributed by atoms with van der Waals surface area (Å²) < 4.78 is 0.884. The molecule has 13 heavy (non-hydrogen) atoms. The van der Waals surface area contributed by atoms with Gasteiger partial charge in [-0.1, -0.05) is 43.0 Å². The summed E-state index contributed by atoms with van der Waals surface area (Å²) >= 11 is 2.22. The Labute approximate surface area is 91.3 Å². The number of benzene rings is 1. The van der Waals surface area contributed by atoms with Crippen molar-refractivity contribution in [1.82, 2.24) is 0 Å². The number of hydrogen-bond donors (Lipinski definition) is 0. The van der Waals surface area contributed by atoms with E-state index in [1.165, 1.54) is 12.0 Å². The SMILES string of the molecule is C=Cc1ccccc1.[Li][CH](C)CC. The standard InChI is InChI=1S/C8H8.C4H9.Li/c1-2-8-6-4-3-5-7-8;1-3-4-2;/h2-7H,1H2;3H,4H2,1-2H3;. The molecule has 0 bridgehead atoms. The van der Waals surface area contributed by atoms with Gasteiger partial charge in [0, 0.05) is 0 Å². The molecule has 1 rings (SSSR count). The molecule has 0 N–H and O–H groups in total. The van der Waals surface area contributed by atoms with Crippen molar-refractivity contribution in [3.05, 3.63) is 42.5 Å². The molecule has 0 saturated carbocycles. The fourth-order valence-corrected chi connectivity index (χ4v) is 0.589. The van der Waals surface area contributed by atoms with Crippen LogP contribution in [-0.4, -0.2) is 17.7 Å². The molecule has 0 amide bonds. The van der Waals surface area contributed by atoms with Crippen LogP contribution < -0.4 is 0 Å². The Balaban J connectivity index is 0.000000252. The normalized spacial score (nSPS) is 11.1. The Kier molecular flexibility index (Phi) is 7.89. The molecule has 0 nitrogen and oxygen atoms in total. The Bertz CT molecular complexity index is 214. The van der Waals surface area contributed by atoms with Gasteiger partial charge in [0.1, 0.15) is 0 Å². The van der Waals surface area contributed by atoms with E-state index < -0.39 is 0 Å². The van der Waals surface area contributed by atoms with Gasteiger partial charge in [0.15, 0.2) is 0 Å². The van der Waals surface area contributed by atoms with Gasteiger partial charge in [-0.2, -0.15) is 0 Å². The minimum absolute atomic E-state index is 0.884. The summed E-state index contributed by atoms with van der Waals surface area (Å²) in [6, 6.07) is 10.0. The monoisotopic (exact) mass is 168 g/mol. The van der Waals surface area contributed by atoms with Gasteiger partial charge in [0.25, 0.3) is 0 Å². The molecule has 1 aromatic carbocycles. The first-order valence-corrected chi connectivity index (χ1v) is 4.88. The minimum atomic E-state index is 0.884. The van der Waals surface area contributed by atoms with E-state index in [-0.39, 0.29) is 0 Å². The van der Waals surface area contributed by atoms with Gasteiger partial charge in [0.2, 0.25) is 0 Å². The van der Waals surface area contributed by atoms with Crippen molar-refractivity contribution in [2.75, 3.05) is 0 Å². The second-order valence-electron chi connectivity index (χ2n) is 3.42. The van der Waals surface area contributed by atoms with E-state index in [1.54, 1.807) is 0 Å². The van der Waals surface area contributed by atoms with Gasteiger partial charge in [0.05, 0.1) is 0 Å². The topological polar surface area (TPSA) is 0 Å². The number of hydrogen-bond acceptors (Lipinski definition) is 0. The van der Waals surface area contributed by atoms with E-state index in [2.05, 4.69) is 38.1 Å². The van der Waals surface area contributed by atoms with Crippen molar-refractivity contribution in [1.29, 1.82) is 0 Å². The van der Waals surface area contributed by atoms with Crippen molar-refractivity contribution in [2.24, 2.45) is 0 Å². The van der Waals surface area contributed by atoms with Crippen molar-refractivity contribution in [2.45, 2.75) is 24.9 Å². The number of rotatable bonds is 2. The molecule has 0 fully saturated rings. The Morgan fingerprint density at radius 1 is 1.38 bits per heavy atom. The fraction of sp³-hybridized carbons (Fsp3) is 0.333.